The van der Waals surface area contributed by atoms with Gasteiger partial charge in [-0.25, -0.2) is 12.7 Å². The van der Waals surface area contributed by atoms with Gasteiger partial charge in [0.1, 0.15) is 0 Å². The Hall–Kier alpha value is -0.920. The average molecular weight is 286 g/mol. The number of hydrogen-bond acceptors (Lipinski definition) is 4. The number of aryl methyl sites for hydroxylation is 2. The predicted octanol–water partition coefficient (Wildman–Crippen LogP) is 0.242. The van der Waals surface area contributed by atoms with Gasteiger partial charge < -0.3 is 5.32 Å². The number of nitrogens with one attached hydrogen (secondary N) is 1. The molecule has 1 N–H and O–H groups in total. The Morgan fingerprint density at radius 2 is 2.05 bits per heavy atom. The molecule has 19 heavy (non-hydrogen) atoms. The number of nitrogens with zero attached hydrogens (tertiary/aromatic N) is 3. The SMILES string of the molecule is Cc1nn(C)cc1CNC1CCN(S(C)(=O)=O)CC1. The highest BCUT2D eigenvalue weighted by molar-refractivity contribution is 7.88. The number of aromatic nitrogens is 2. The summed E-state index contributed by atoms with van der Waals surface area (Å²) in [4.78, 5) is 0. The lowest BCUT2D eigenvalue weighted by molar-refractivity contribution is 0.290. The second-order valence-corrected chi connectivity index (χ2v) is 7.21. The van der Waals surface area contributed by atoms with E-state index in [0.29, 0.717) is 19.1 Å². The van der Waals surface area contributed by atoms with Crippen molar-refractivity contribution in [3.63, 3.8) is 0 Å². The van der Waals surface area contributed by atoms with Crippen molar-refractivity contribution in [1.29, 1.82) is 0 Å². The van der Waals surface area contributed by atoms with Gasteiger partial charge in [-0.15, -0.1) is 0 Å². The van der Waals surface area contributed by atoms with Gasteiger partial charge in [0, 0.05) is 44.5 Å². The van der Waals surface area contributed by atoms with Crippen LogP contribution in [0.25, 0.3) is 0 Å². The standard InChI is InChI=1S/C12H22N4O2S/c1-10-11(9-15(2)14-10)8-13-12-4-6-16(7-5-12)19(3,17)18/h9,12-13H,4-8H2,1-3H3. The summed E-state index contributed by atoms with van der Waals surface area (Å²) >= 11 is 0. The van der Waals surface area contributed by atoms with Gasteiger partial charge in [-0.05, 0) is 19.8 Å². The first kappa shape index (κ1) is 14.5. The summed E-state index contributed by atoms with van der Waals surface area (Å²) in [6, 6.07) is 0.387. The second-order valence-electron chi connectivity index (χ2n) is 5.23. The molecule has 1 saturated heterocycles. The van der Waals surface area contributed by atoms with Crippen LogP contribution in [0.5, 0.6) is 0 Å². The summed E-state index contributed by atoms with van der Waals surface area (Å²) in [6.07, 6.45) is 5.03. The van der Waals surface area contributed by atoms with Crippen molar-refractivity contribution >= 4 is 10.0 Å². The number of rotatable bonds is 4. The quantitative estimate of drug-likeness (QED) is 0.861. The van der Waals surface area contributed by atoms with E-state index in [0.717, 1.165) is 25.1 Å². The number of hydrogen-bond donors (Lipinski definition) is 1. The Balaban J connectivity index is 1.82. The van der Waals surface area contributed by atoms with E-state index >= 15 is 0 Å². The monoisotopic (exact) mass is 286 g/mol. The molecule has 1 fully saturated rings. The molecule has 2 rings (SSSR count). The van der Waals surface area contributed by atoms with Crippen LogP contribution < -0.4 is 5.32 Å². The van der Waals surface area contributed by atoms with E-state index in [1.54, 1.807) is 4.31 Å². The van der Waals surface area contributed by atoms with Crippen LogP contribution in [0.3, 0.4) is 0 Å². The molecule has 0 saturated carbocycles. The van der Waals surface area contributed by atoms with Gasteiger partial charge in [0.05, 0.1) is 11.9 Å². The molecule has 0 bridgehead atoms. The minimum Gasteiger partial charge on any atom is -0.310 e. The zero-order chi connectivity index (χ0) is 14.0. The van der Waals surface area contributed by atoms with Gasteiger partial charge >= 0.3 is 0 Å². The van der Waals surface area contributed by atoms with E-state index in [2.05, 4.69) is 10.4 Å². The molecule has 0 unspecified atom stereocenters. The fourth-order valence-electron chi connectivity index (χ4n) is 2.47. The fourth-order valence-corrected chi connectivity index (χ4v) is 3.34. The van der Waals surface area contributed by atoms with Gasteiger partial charge in [0.15, 0.2) is 0 Å². The molecule has 0 amide bonds. The zero-order valence-corrected chi connectivity index (χ0v) is 12.6. The molecule has 1 aliphatic heterocycles. The Morgan fingerprint density at radius 1 is 1.42 bits per heavy atom. The highest BCUT2D eigenvalue weighted by atomic mass is 32.2. The first-order valence-electron chi connectivity index (χ1n) is 6.54. The highest BCUT2D eigenvalue weighted by Crippen LogP contribution is 2.14. The summed E-state index contributed by atoms with van der Waals surface area (Å²) in [7, 11) is -1.11. The van der Waals surface area contributed by atoms with Gasteiger partial charge in [0.2, 0.25) is 10.0 Å². The molecular formula is C12H22N4O2S. The number of sulfonamides is 1. The molecule has 1 aromatic rings. The van der Waals surface area contributed by atoms with Gasteiger partial charge in [-0.1, -0.05) is 0 Å². The van der Waals surface area contributed by atoms with Crippen LogP contribution in [-0.2, 0) is 23.6 Å². The predicted molar refractivity (Wildman–Crippen MR) is 74.2 cm³/mol. The van der Waals surface area contributed by atoms with Crippen LogP contribution in [0.15, 0.2) is 6.20 Å². The van der Waals surface area contributed by atoms with Crippen molar-refractivity contribution in [2.24, 2.45) is 7.05 Å². The van der Waals surface area contributed by atoms with Crippen molar-refractivity contribution in [2.75, 3.05) is 19.3 Å². The van der Waals surface area contributed by atoms with E-state index in [9.17, 15) is 8.42 Å². The van der Waals surface area contributed by atoms with Crippen LogP contribution in [-0.4, -0.2) is 47.9 Å². The molecule has 1 aliphatic rings. The Bertz CT molecular complexity index is 530. The molecule has 1 aromatic heterocycles. The van der Waals surface area contributed by atoms with Crippen molar-refractivity contribution in [3.05, 3.63) is 17.5 Å². The fraction of sp³-hybridized carbons (Fsp3) is 0.750. The maximum Gasteiger partial charge on any atom is 0.211 e. The molecule has 108 valence electrons. The Kier molecular flexibility index (Phi) is 4.27. The largest absolute Gasteiger partial charge is 0.310 e. The van der Waals surface area contributed by atoms with Crippen molar-refractivity contribution < 1.29 is 8.42 Å². The van der Waals surface area contributed by atoms with Gasteiger partial charge in [-0.3, -0.25) is 4.68 Å². The van der Waals surface area contributed by atoms with Gasteiger partial charge in [-0.2, -0.15) is 5.10 Å². The number of piperidine rings is 1. The Labute approximate surface area is 114 Å². The Morgan fingerprint density at radius 3 is 2.53 bits per heavy atom. The lowest BCUT2D eigenvalue weighted by atomic mass is 10.1. The van der Waals surface area contributed by atoms with Crippen LogP contribution >= 0.6 is 0 Å². The third kappa shape index (κ3) is 3.77. The molecule has 0 aromatic carbocycles. The molecular weight excluding hydrogens is 264 g/mol. The summed E-state index contributed by atoms with van der Waals surface area (Å²) < 4.78 is 26.2. The van der Waals surface area contributed by atoms with E-state index in [4.69, 9.17) is 0 Å². The summed E-state index contributed by atoms with van der Waals surface area (Å²) in [5.41, 5.74) is 2.25. The molecule has 2 heterocycles. The van der Waals surface area contributed by atoms with E-state index in [-0.39, 0.29) is 0 Å². The van der Waals surface area contributed by atoms with Crippen molar-refractivity contribution in [1.82, 2.24) is 19.4 Å². The normalized spacial score (nSPS) is 18.9. The second kappa shape index (κ2) is 5.60. The lowest BCUT2D eigenvalue weighted by Crippen LogP contribution is -2.44. The van der Waals surface area contributed by atoms with E-state index < -0.39 is 10.0 Å². The van der Waals surface area contributed by atoms with Crippen molar-refractivity contribution in [2.45, 2.75) is 32.4 Å². The third-order valence-electron chi connectivity index (χ3n) is 3.62. The summed E-state index contributed by atoms with van der Waals surface area (Å²) in [6.45, 7) is 4.03. The smallest absolute Gasteiger partial charge is 0.211 e. The molecule has 7 heteroatoms. The first-order chi connectivity index (χ1) is 8.86. The van der Waals surface area contributed by atoms with Gasteiger partial charge in [0.25, 0.3) is 0 Å². The maximum absolute atomic E-state index is 11.4. The minimum atomic E-state index is -3.03. The highest BCUT2D eigenvalue weighted by Gasteiger charge is 2.24. The van der Waals surface area contributed by atoms with Crippen LogP contribution in [0.2, 0.25) is 0 Å². The average Bonchev–Trinajstić information content (AvgIpc) is 2.65. The summed E-state index contributed by atoms with van der Waals surface area (Å²) in [5.74, 6) is 0. The van der Waals surface area contributed by atoms with Crippen LogP contribution in [0.4, 0.5) is 0 Å². The topological polar surface area (TPSA) is 67.2 Å². The molecule has 6 nitrogen and oxygen atoms in total. The summed E-state index contributed by atoms with van der Waals surface area (Å²) in [5, 5.41) is 7.80. The lowest BCUT2D eigenvalue weighted by Gasteiger charge is -2.30. The third-order valence-corrected chi connectivity index (χ3v) is 4.92. The molecule has 0 radical (unpaired) electrons. The van der Waals surface area contributed by atoms with Crippen LogP contribution in [0.1, 0.15) is 24.1 Å². The zero-order valence-electron chi connectivity index (χ0n) is 11.8. The van der Waals surface area contributed by atoms with Crippen molar-refractivity contribution in [3.8, 4) is 0 Å². The van der Waals surface area contributed by atoms with Crippen LogP contribution in [0, 0.1) is 6.92 Å². The first-order valence-corrected chi connectivity index (χ1v) is 8.38. The minimum absolute atomic E-state index is 0.387. The maximum atomic E-state index is 11.4. The van der Waals surface area contributed by atoms with E-state index in [1.807, 2.05) is 24.9 Å². The van der Waals surface area contributed by atoms with E-state index in [1.165, 1.54) is 11.8 Å². The molecule has 0 atom stereocenters. The molecule has 0 aliphatic carbocycles. The molecule has 0 spiro atoms.